The smallest absolute Gasteiger partial charge is 0.405 e. The quantitative estimate of drug-likeness (QED) is 0.639. The van der Waals surface area contributed by atoms with Gasteiger partial charge in [-0.15, -0.1) is 0 Å². The first-order chi connectivity index (χ1) is 12.1. The maximum absolute atomic E-state index is 12.4. The molecule has 6 nitrogen and oxygen atoms in total. The standard InChI is InChI=1S/C19H20N2O4/c22-13-16(11-14-7-3-1-4-8-14)20-18(23)17(21-19(24)25)12-15-9-5-2-6-10-15/h1-10,13,16-17,21H,11-12H2,(H,20,23)(H,24,25)/t16-,17-/m0/s1. The fourth-order valence-corrected chi connectivity index (χ4v) is 2.49. The molecule has 2 aromatic carbocycles. The number of carboxylic acid groups (broad SMARTS) is 1. The zero-order chi connectivity index (χ0) is 18.1. The second-order valence-electron chi connectivity index (χ2n) is 5.63. The minimum atomic E-state index is -1.29. The monoisotopic (exact) mass is 340 g/mol. The summed E-state index contributed by atoms with van der Waals surface area (Å²) < 4.78 is 0. The Labute approximate surface area is 145 Å². The van der Waals surface area contributed by atoms with E-state index in [2.05, 4.69) is 10.6 Å². The minimum absolute atomic E-state index is 0.204. The Bertz CT molecular complexity index is 704. The van der Waals surface area contributed by atoms with Crippen LogP contribution >= 0.6 is 0 Å². The van der Waals surface area contributed by atoms with Gasteiger partial charge in [0.2, 0.25) is 5.91 Å². The van der Waals surface area contributed by atoms with Gasteiger partial charge in [0.1, 0.15) is 12.3 Å². The lowest BCUT2D eigenvalue weighted by Gasteiger charge is -2.20. The number of carbonyl (C=O) groups excluding carboxylic acids is 2. The molecule has 0 bridgehead atoms. The second kappa shape index (κ2) is 9.22. The molecule has 2 rings (SSSR count). The first-order valence-corrected chi connectivity index (χ1v) is 7.91. The lowest BCUT2D eigenvalue weighted by molar-refractivity contribution is -0.125. The lowest BCUT2D eigenvalue weighted by Crippen LogP contribution is -2.51. The lowest BCUT2D eigenvalue weighted by atomic mass is 10.0. The van der Waals surface area contributed by atoms with Gasteiger partial charge in [0, 0.05) is 6.42 Å². The highest BCUT2D eigenvalue weighted by molar-refractivity contribution is 5.87. The molecule has 0 aliphatic rings. The number of carbonyl (C=O) groups is 3. The molecule has 3 N–H and O–H groups in total. The van der Waals surface area contributed by atoms with Crippen LogP contribution in [0.2, 0.25) is 0 Å². The third-order valence-corrected chi connectivity index (χ3v) is 3.69. The van der Waals surface area contributed by atoms with Gasteiger partial charge in [-0.05, 0) is 17.5 Å². The Hall–Kier alpha value is -3.15. The van der Waals surface area contributed by atoms with Crippen molar-refractivity contribution in [1.29, 1.82) is 0 Å². The number of aldehydes is 1. The van der Waals surface area contributed by atoms with Gasteiger partial charge < -0.3 is 20.5 Å². The maximum Gasteiger partial charge on any atom is 0.405 e. The summed E-state index contributed by atoms with van der Waals surface area (Å²) in [6.07, 6.45) is -0.0794. The molecule has 130 valence electrons. The van der Waals surface area contributed by atoms with Crippen molar-refractivity contribution in [3.05, 3.63) is 71.8 Å². The Morgan fingerprint density at radius 1 is 0.880 bits per heavy atom. The molecule has 0 radical (unpaired) electrons. The number of nitrogens with one attached hydrogen (secondary N) is 2. The Balaban J connectivity index is 2.04. The predicted molar refractivity (Wildman–Crippen MR) is 93.2 cm³/mol. The highest BCUT2D eigenvalue weighted by Gasteiger charge is 2.23. The molecule has 2 aromatic rings. The first-order valence-electron chi connectivity index (χ1n) is 7.91. The van der Waals surface area contributed by atoms with Crippen LogP contribution in [0.1, 0.15) is 11.1 Å². The van der Waals surface area contributed by atoms with Crippen LogP contribution in [0.4, 0.5) is 4.79 Å². The fourth-order valence-electron chi connectivity index (χ4n) is 2.49. The van der Waals surface area contributed by atoms with Crippen molar-refractivity contribution < 1.29 is 19.5 Å². The molecule has 0 heterocycles. The van der Waals surface area contributed by atoms with Crippen LogP contribution in [0.3, 0.4) is 0 Å². The summed E-state index contributed by atoms with van der Waals surface area (Å²) >= 11 is 0. The van der Waals surface area contributed by atoms with Crippen LogP contribution < -0.4 is 10.6 Å². The van der Waals surface area contributed by atoms with Crippen LogP contribution in [-0.2, 0) is 22.4 Å². The van der Waals surface area contributed by atoms with Gasteiger partial charge in [-0.25, -0.2) is 4.79 Å². The van der Waals surface area contributed by atoms with Crippen molar-refractivity contribution >= 4 is 18.3 Å². The highest BCUT2D eigenvalue weighted by atomic mass is 16.4. The molecule has 2 amide bonds. The number of amides is 2. The van der Waals surface area contributed by atoms with E-state index in [9.17, 15) is 14.4 Å². The average Bonchev–Trinajstić information content (AvgIpc) is 2.62. The molecule has 0 saturated heterocycles. The zero-order valence-electron chi connectivity index (χ0n) is 13.6. The Kier molecular flexibility index (Phi) is 6.71. The summed E-state index contributed by atoms with van der Waals surface area (Å²) in [4.78, 5) is 34.7. The summed E-state index contributed by atoms with van der Waals surface area (Å²) in [6, 6.07) is 16.7. The summed E-state index contributed by atoms with van der Waals surface area (Å²) in [5.74, 6) is -0.528. The van der Waals surface area contributed by atoms with Crippen molar-refractivity contribution in [1.82, 2.24) is 10.6 Å². The normalized spacial score (nSPS) is 12.6. The van der Waals surface area contributed by atoms with Crippen LogP contribution in [0.25, 0.3) is 0 Å². The van der Waals surface area contributed by atoms with E-state index in [4.69, 9.17) is 5.11 Å². The number of hydrogen-bond donors (Lipinski definition) is 3. The van der Waals surface area contributed by atoms with Gasteiger partial charge in [-0.1, -0.05) is 60.7 Å². The number of hydrogen-bond acceptors (Lipinski definition) is 3. The van der Waals surface area contributed by atoms with Crippen LogP contribution in [0.5, 0.6) is 0 Å². The molecule has 0 aliphatic heterocycles. The molecule has 0 saturated carbocycles. The Morgan fingerprint density at radius 2 is 1.40 bits per heavy atom. The maximum atomic E-state index is 12.4. The summed E-state index contributed by atoms with van der Waals surface area (Å²) in [5.41, 5.74) is 1.73. The van der Waals surface area contributed by atoms with Crippen LogP contribution in [0, 0.1) is 0 Å². The minimum Gasteiger partial charge on any atom is -0.465 e. The van der Waals surface area contributed by atoms with Gasteiger partial charge >= 0.3 is 6.09 Å². The molecule has 2 atom stereocenters. The number of rotatable bonds is 8. The summed E-state index contributed by atoms with van der Waals surface area (Å²) in [6.45, 7) is 0. The van der Waals surface area contributed by atoms with E-state index in [1.54, 1.807) is 0 Å². The van der Waals surface area contributed by atoms with Crippen molar-refractivity contribution in [2.24, 2.45) is 0 Å². The third-order valence-electron chi connectivity index (χ3n) is 3.69. The fraction of sp³-hybridized carbons (Fsp3) is 0.211. The van der Waals surface area contributed by atoms with Crippen molar-refractivity contribution in [3.63, 3.8) is 0 Å². The average molecular weight is 340 g/mol. The first kappa shape index (κ1) is 18.2. The van der Waals surface area contributed by atoms with E-state index >= 15 is 0 Å². The molecule has 6 heteroatoms. The molecule has 0 unspecified atom stereocenters. The van der Waals surface area contributed by atoms with Gasteiger partial charge in [-0.3, -0.25) is 4.79 Å². The van der Waals surface area contributed by atoms with Gasteiger partial charge in [-0.2, -0.15) is 0 Å². The van der Waals surface area contributed by atoms with E-state index in [1.807, 2.05) is 60.7 Å². The van der Waals surface area contributed by atoms with Crippen LogP contribution in [-0.4, -0.2) is 35.5 Å². The Morgan fingerprint density at radius 3 is 1.88 bits per heavy atom. The molecule has 25 heavy (non-hydrogen) atoms. The van der Waals surface area contributed by atoms with Crippen molar-refractivity contribution in [3.8, 4) is 0 Å². The highest BCUT2D eigenvalue weighted by Crippen LogP contribution is 2.06. The molecule has 0 aliphatic carbocycles. The molecule has 0 fully saturated rings. The van der Waals surface area contributed by atoms with Gasteiger partial charge in [0.15, 0.2) is 0 Å². The molecular weight excluding hydrogens is 320 g/mol. The molecular formula is C19H20N2O4. The van der Waals surface area contributed by atoms with E-state index in [1.165, 1.54) is 0 Å². The largest absolute Gasteiger partial charge is 0.465 e. The topological polar surface area (TPSA) is 95.5 Å². The van der Waals surface area contributed by atoms with Gasteiger partial charge in [0.25, 0.3) is 0 Å². The van der Waals surface area contributed by atoms with Crippen molar-refractivity contribution in [2.45, 2.75) is 24.9 Å². The zero-order valence-corrected chi connectivity index (χ0v) is 13.6. The van der Waals surface area contributed by atoms with E-state index in [-0.39, 0.29) is 6.42 Å². The third kappa shape index (κ3) is 6.10. The predicted octanol–water partition coefficient (Wildman–Crippen LogP) is 1.79. The second-order valence-corrected chi connectivity index (χ2v) is 5.63. The summed E-state index contributed by atoms with van der Waals surface area (Å²) in [5, 5.41) is 13.8. The van der Waals surface area contributed by atoms with E-state index < -0.39 is 24.1 Å². The van der Waals surface area contributed by atoms with E-state index in [0.717, 1.165) is 11.1 Å². The van der Waals surface area contributed by atoms with E-state index in [0.29, 0.717) is 12.7 Å². The van der Waals surface area contributed by atoms with Gasteiger partial charge in [0.05, 0.1) is 6.04 Å². The summed E-state index contributed by atoms with van der Waals surface area (Å²) in [7, 11) is 0. The van der Waals surface area contributed by atoms with Crippen LogP contribution in [0.15, 0.2) is 60.7 Å². The molecule has 0 aromatic heterocycles. The SMILES string of the molecule is O=C[C@H](Cc1ccccc1)NC(=O)[C@H](Cc1ccccc1)NC(=O)O. The molecule has 0 spiro atoms. The number of benzene rings is 2. The van der Waals surface area contributed by atoms with Crippen molar-refractivity contribution in [2.75, 3.05) is 0 Å².